The van der Waals surface area contributed by atoms with E-state index in [1.807, 2.05) is 11.8 Å². The maximum absolute atomic E-state index is 12.3. The third-order valence-corrected chi connectivity index (χ3v) is 4.25. The number of rotatable bonds is 6. The smallest absolute Gasteiger partial charge is 0.225 e. The highest BCUT2D eigenvalue weighted by Gasteiger charge is 2.29. The number of nitrogens with two attached hydrogens (primary N) is 1. The summed E-state index contributed by atoms with van der Waals surface area (Å²) in [5.74, 6) is 0.673. The molecule has 1 fully saturated rings. The zero-order valence-electron chi connectivity index (χ0n) is 12.9. The molecule has 116 valence electrons. The van der Waals surface area contributed by atoms with Gasteiger partial charge in [0.1, 0.15) is 0 Å². The van der Waals surface area contributed by atoms with Crippen LogP contribution in [0.3, 0.4) is 0 Å². The number of nitrogens with zero attached hydrogens (tertiary/aromatic N) is 3. The zero-order chi connectivity index (χ0) is 15.1. The molecule has 0 aromatic rings. The highest BCUT2D eigenvalue weighted by atomic mass is 16.4. The third kappa shape index (κ3) is 3.85. The van der Waals surface area contributed by atoms with Crippen molar-refractivity contribution >= 4 is 11.7 Å². The van der Waals surface area contributed by atoms with Crippen LogP contribution in [0.5, 0.6) is 0 Å². The van der Waals surface area contributed by atoms with Gasteiger partial charge in [-0.05, 0) is 19.3 Å². The first-order valence-electron chi connectivity index (χ1n) is 7.59. The van der Waals surface area contributed by atoms with Crippen LogP contribution >= 0.6 is 0 Å². The lowest BCUT2D eigenvalue weighted by molar-refractivity contribution is -0.137. The molecule has 0 radical (unpaired) electrons. The van der Waals surface area contributed by atoms with Crippen molar-refractivity contribution in [2.24, 2.45) is 16.8 Å². The number of amides is 1. The molecule has 1 aliphatic rings. The van der Waals surface area contributed by atoms with Gasteiger partial charge in [0, 0.05) is 32.1 Å². The van der Waals surface area contributed by atoms with Crippen LogP contribution in [0.2, 0.25) is 0 Å². The van der Waals surface area contributed by atoms with E-state index in [0.29, 0.717) is 0 Å². The number of piperazine rings is 1. The Hall–Kier alpha value is -1.30. The predicted molar refractivity (Wildman–Crippen MR) is 79.7 cm³/mol. The fraction of sp³-hybridized carbons (Fsp3) is 0.857. The van der Waals surface area contributed by atoms with Crippen molar-refractivity contribution in [1.29, 1.82) is 0 Å². The topological polar surface area (TPSA) is 82.2 Å². The van der Waals surface area contributed by atoms with Crippen molar-refractivity contribution in [1.82, 2.24) is 9.80 Å². The summed E-state index contributed by atoms with van der Waals surface area (Å²) in [5.41, 5.74) is 5.72. The summed E-state index contributed by atoms with van der Waals surface area (Å²) >= 11 is 0. The molecular formula is C14H28N4O2. The third-order valence-electron chi connectivity index (χ3n) is 4.25. The highest BCUT2D eigenvalue weighted by Crippen LogP contribution is 2.15. The first-order chi connectivity index (χ1) is 9.58. The van der Waals surface area contributed by atoms with E-state index in [2.05, 4.69) is 23.9 Å². The molecule has 0 bridgehead atoms. The van der Waals surface area contributed by atoms with Crippen molar-refractivity contribution in [3.63, 3.8) is 0 Å². The largest absolute Gasteiger partial charge is 0.409 e. The molecule has 0 spiro atoms. The van der Waals surface area contributed by atoms with E-state index in [9.17, 15) is 4.79 Å². The summed E-state index contributed by atoms with van der Waals surface area (Å²) in [6.07, 6.45) is 2.60. The molecule has 6 heteroatoms. The van der Waals surface area contributed by atoms with Crippen LogP contribution in [-0.2, 0) is 4.79 Å². The van der Waals surface area contributed by atoms with Gasteiger partial charge in [0.2, 0.25) is 5.91 Å². The van der Waals surface area contributed by atoms with Gasteiger partial charge < -0.3 is 15.8 Å². The Labute approximate surface area is 121 Å². The molecule has 20 heavy (non-hydrogen) atoms. The Morgan fingerprint density at radius 3 is 2.10 bits per heavy atom. The number of amidine groups is 1. The maximum atomic E-state index is 12.3. The molecule has 1 unspecified atom stereocenters. The number of carbonyl (C=O) groups excluding carboxylic acids is 1. The molecule has 0 aromatic heterocycles. The molecule has 0 aromatic carbocycles. The van der Waals surface area contributed by atoms with Gasteiger partial charge in [0.15, 0.2) is 5.84 Å². The van der Waals surface area contributed by atoms with Crippen molar-refractivity contribution in [3.05, 3.63) is 0 Å². The standard InChI is InChI=1S/C14H28N4O2/c1-4-11(5-2)14(19)18-9-7-17(8-10-18)12(6-3)13(15)16-20/h11-12,20H,4-10H2,1-3H3,(H2,15,16). The minimum Gasteiger partial charge on any atom is -0.409 e. The number of hydrogen-bond acceptors (Lipinski definition) is 4. The Bertz CT molecular complexity index is 334. The van der Waals surface area contributed by atoms with Crippen molar-refractivity contribution in [2.75, 3.05) is 26.2 Å². The summed E-state index contributed by atoms with van der Waals surface area (Å²) in [6, 6.07) is -0.0367. The van der Waals surface area contributed by atoms with E-state index in [1.165, 1.54) is 0 Å². The zero-order valence-corrected chi connectivity index (χ0v) is 12.9. The lowest BCUT2D eigenvalue weighted by Crippen LogP contribution is -2.55. The Morgan fingerprint density at radius 1 is 1.15 bits per heavy atom. The molecule has 0 aliphatic carbocycles. The average molecular weight is 284 g/mol. The molecule has 3 N–H and O–H groups in total. The van der Waals surface area contributed by atoms with Crippen LogP contribution in [0.4, 0.5) is 0 Å². The van der Waals surface area contributed by atoms with Crippen LogP contribution in [0.1, 0.15) is 40.0 Å². The SMILES string of the molecule is CCC(CC)C(=O)N1CCN(C(CC)C(N)=NO)CC1. The fourth-order valence-corrected chi connectivity index (χ4v) is 2.87. The van der Waals surface area contributed by atoms with Gasteiger partial charge in [-0.2, -0.15) is 0 Å². The Kier molecular flexibility index (Phi) is 6.78. The van der Waals surface area contributed by atoms with Crippen molar-refractivity contribution in [2.45, 2.75) is 46.1 Å². The van der Waals surface area contributed by atoms with Crippen LogP contribution < -0.4 is 5.73 Å². The average Bonchev–Trinajstić information content (AvgIpc) is 2.49. The molecule has 1 rings (SSSR count). The molecule has 1 aliphatic heterocycles. The van der Waals surface area contributed by atoms with Gasteiger partial charge in [-0.3, -0.25) is 9.69 Å². The van der Waals surface area contributed by atoms with Gasteiger partial charge in [0.25, 0.3) is 0 Å². The van der Waals surface area contributed by atoms with Gasteiger partial charge in [-0.1, -0.05) is 25.9 Å². The summed E-state index contributed by atoms with van der Waals surface area (Å²) in [6.45, 7) is 9.16. The van der Waals surface area contributed by atoms with Gasteiger partial charge in [-0.25, -0.2) is 0 Å². The molecule has 0 saturated carbocycles. The predicted octanol–water partition coefficient (Wildman–Crippen LogP) is 1.09. The lowest BCUT2D eigenvalue weighted by Gasteiger charge is -2.39. The summed E-state index contributed by atoms with van der Waals surface area (Å²) < 4.78 is 0. The molecule has 6 nitrogen and oxygen atoms in total. The van der Waals surface area contributed by atoms with E-state index < -0.39 is 0 Å². The van der Waals surface area contributed by atoms with E-state index in [4.69, 9.17) is 10.9 Å². The molecular weight excluding hydrogens is 256 g/mol. The van der Waals surface area contributed by atoms with Gasteiger partial charge in [-0.15, -0.1) is 0 Å². The quantitative estimate of drug-likeness (QED) is 0.331. The minimum atomic E-state index is -0.0367. The van der Waals surface area contributed by atoms with E-state index in [0.717, 1.165) is 45.4 Å². The van der Waals surface area contributed by atoms with Crippen LogP contribution in [0.15, 0.2) is 5.16 Å². The Balaban J connectivity index is 2.57. The van der Waals surface area contributed by atoms with Crippen LogP contribution in [0.25, 0.3) is 0 Å². The summed E-state index contributed by atoms with van der Waals surface area (Å²) in [7, 11) is 0. The molecule has 1 atom stereocenters. The number of oxime groups is 1. The van der Waals surface area contributed by atoms with Gasteiger partial charge in [0.05, 0.1) is 6.04 Å². The number of carbonyl (C=O) groups is 1. The van der Waals surface area contributed by atoms with Crippen LogP contribution in [-0.4, -0.2) is 59.0 Å². The monoisotopic (exact) mass is 284 g/mol. The van der Waals surface area contributed by atoms with E-state index >= 15 is 0 Å². The first kappa shape index (κ1) is 16.8. The molecule has 1 saturated heterocycles. The number of hydrogen-bond donors (Lipinski definition) is 2. The molecule has 1 heterocycles. The second-order valence-corrected chi connectivity index (χ2v) is 5.32. The minimum absolute atomic E-state index is 0.0367. The van der Waals surface area contributed by atoms with Crippen molar-refractivity contribution < 1.29 is 10.0 Å². The van der Waals surface area contributed by atoms with E-state index in [-0.39, 0.29) is 23.7 Å². The normalized spacial score (nSPS) is 19.4. The Morgan fingerprint density at radius 2 is 1.70 bits per heavy atom. The van der Waals surface area contributed by atoms with Crippen molar-refractivity contribution in [3.8, 4) is 0 Å². The molecule has 1 amide bonds. The van der Waals surface area contributed by atoms with Crippen LogP contribution in [0, 0.1) is 5.92 Å². The fourth-order valence-electron chi connectivity index (χ4n) is 2.87. The maximum Gasteiger partial charge on any atom is 0.225 e. The highest BCUT2D eigenvalue weighted by molar-refractivity contribution is 5.85. The first-order valence-corrected chi connectivity index (χ1v) is 7.59. The lowest BCUT2D eigenvalue weighted by atomic mass is 10.0. The van der Waals surface area contributed by atoms with E-state index in [1.54, 1.807) is 0 Å². The van der Waals surface area contributed by atoms with Gasteiger partial charge >= 0.3 is 0 Å². The summed E-state index contributed by atoms with van der Waals surface area (Å²) in [5, 5.41) is 11.9. The summed E-state index contributed by atoms with van der Waals surface area (Å²) in [4.78, 5) is 16.5. The second-order valence-electron chi connectivity index (χ2n) is 5.32. The second kappa shape index (κ2) is 8.09.